The molecule has 0 aliphatic heterocycles. The zero-order chi connectivity index (χ0) is 14.2. The molecule has 2 rings (SSSR count). The summed E-state index contributed by atoms with van der Waals surface area (Å²) in [4.78, 5) is 21.8. The van der Waals surface area contributed by atoms with Gasteiger partial charge in [0.25, 0.3) is 0 Å². The molecular weight excluding hydrogens is 256 g/mol. The molecule has 0 amide bonds. The standard InChI is InChI=1S/C16H14O4/c1-18-12-15(13-8-4-2-5-9-13)16(17)20-19-14-10-6-3-7-11-14/h2-12H,1H3. The Kier molecular flexibility index (Phi) is 4.78. The fraction of sp³-hybridized carbons (Fsp3) is 0.0625. The summed E-state index contributed by atoms with van der Waals surface area (Å²) in [5.41, 5.74) is 0.972. The molecule has 4 nitrogen and oxygen atoms in total. The molecule has 0 atom stereocenters. The van der Waals surface area contributed by atoms with E-state index in [1.165, 1.54) is 13.4 Å². The Morgan fingerprint density at radius 1 is 0.950 bits per heavy atom. The molecule has 0 unspecified atom stereocenters. The van der Waals surface area contributed by atoms with Gasteiger partial charge in [0, 0.05) is 0 Å². The summed E-state index contributed by atoms with van der Waals surface area (Å²) < 4.78 is 4.91. The maximum Gasteiger partial charge on any atom is 0.389 e. The zero-order valence-corrected chi connectivity index (χ0v) is 11.0. The minimum absolute atomic E-state index is 0.282. The average Bonchev–Trinajstić information content (AvgIpc) is 2.52. The van der Waals surface area contributed by atoms with Crippen LogP contribution in [-0.4, -0.2) is 13.1 Å². The number of carbonyl (C=O) groups is 1. The smallest absolute Gasteiger partial charge is 0.389 e. The molecule has 102 valence electrons. The molecule has 2 aromatic carbocycles. The van der Waals surface area contributed by atoms with E-state index in [0.29, 0.717) is 11.3 Å². The molecule has 0 aliphatic carbocycles. The molecule has 0 aromatic heterocycles. The van der Waals surface area contributed by atoms with Gasteiger partial charge >= 0.3 is 5.97 Å². The Morgan fingerprint density at radius 3 is 2.15 bits per heavy atom. The number of hydrogen-bond donors (Lipinski definition) is 0. The van der Waals surface area contributed by atoms with Crippen molar-refractivity contribution in [2.75, 3.05) is 7.11 Å². The van der Waals surface area contributed by atoms with Crippen molar-refractivity contribution in [3.05, 3.63) is 72.5 Å². The first kappa shape index (κ1) is 13.7. The molecule has 0 saturated carbocycles. The molecule has 0 heterocycles. The Bertz CT molecular complexity index is 576. The predicted octanol–water partition coefficient (Wildman–Crippen LogP) is 3.21. The van der Waals surface area contributed by atoms with Gasteiger partial charge in [-0.1, -0.05) is 48.5 Å². The molecule has 20 heavy (non-hydrogen) atoms. The van der Waals surface area contributed by atoms with Crippen LogP contribution in [0.15, 0.2) is 66.9 Å². The summed E-state index contributed by atoms with van der Waals surface area (Å²) >= 11 is 0. The lowest BCUT2D eigenvalue weighted by Gasteiger charge is -2.07. The van der Waals surface area contributed by atoms with Gasteiger partial charge in [-0.15, -0.1) is 0 Å². The number of para-hydroxylation sites is 1. The van der Waals surface area contributed by atoms with Crippen LogP contribution in [0, 0.1) is 0 Å². The Morgan fingerprint density at radius 2 is 1.55 bits per heavy atom. The summed E-state index contributed by atoms with van der Waals surface area (Å²) in [5, 5.41) is 0. The average molecular weight is 270 g/mol. The molecule has 0 saturated heterocycles. The van der Waals surface area contributed by atoms with Crippen molar-refractivity contribution in [1.82, 2.24) is 0 Å². The molecule has 2 aromatic rings. The third-order valence-electron chi connectivity index (χ3n) is 2.50. The van der Waals surface area contributed by atoms with E-state index >= 15 is 0 Å². The fourth-order valence-electron chi connectivity index (χ4n) is 1.58. The molecule has 0 bridgehead atoms. The minimum Gasteiger partial charge on any atom is -0.503 e. The van der Waals surface area contributed by atoms with Gasteiger partial charge in [0.05, 0.1) is 13.4 Å². The Hall–Kier alpha value is -2.75. The second-order valence-electron chi connectivity index (χ2n) is 3.90. The SMILES string of the molecule is COC=C(C(=O)OOc1ccccc1)c1ccccc1. The number of hydrogen-bond acceptors (Lipinski definition) is 4. The van der Waals surface area contributed by atoms with E-state index in [9.17, 15) is 4.79 Å². The van der Waals surface area contributed by atoms with Gasteiger partial charge in [0.15, 0.2) is 5.75 Å². The summed E-state index contributed by atoms with van der Waals surface area (Å²) in [5.74, 6) is -0.174. The van der Waals surface area contributed by atoms with E-state index in [1.807, 2.05) is 24.3 Å². The van der Waals surface area contributed by atoms with E-state index in [1.54, 1.807) is 36.4 Å². The topological polar surface area (TPSA) is 44.8 Å². The van der Waals surface area contributed by atoms with Gasteiger partial charge in [0.2, 0.25) is 0 Å². The van der Waals surface area contributed by atoms with Crippen molar-refractivity contribution in [3.8, 4) is 5.75 Å². The van der Waals surface area contributed by atoms with Gasteiger partial charge in [-0.2, -0.15) is 0 Å². The van der Waals surface area contributed by atoms with E-state index in [-0.39, 0.29) is 5.57 Å². The lowest BCUT2D eigenvalue weighted by molar-refractivity contribution is -0.206. The van der Waals surface area contributed by atoms with Gasteiger partial charge in [0.1, 0.15) is 5.57 Å². The largest absolute Gasteiger partial charge is 0.503 e. The van der Waals surface area contributed by atoms with E-state index in [4.69, 9.17) is 14.5 Å². The fourth-order valence-corrected chi connectivity index (χ4v) is 1.58. The van der Waals surface area contributed by atoms with Crippen LogP contribution in [-0.2, 0) is 14.4 Å². The molecule has 0 N–H and O–H groups in total. The van der Waals surface area contributed by atoms with Crippen LogP contribution in [0.5, 0.6) is 5.75 Å². The maximum atomic E-state index is 12.0. The minimum atomic E-state index is -0.623. The highest BCUT2D eigenvalue weighted by molar-refractivity contribution is 6.15. The molecule has 0 radical (unpaired) electrons. The third kappa shape index (κ3) is 3.62. The predicted molar refractivity (Wildman–Crippen MR) is 74.6 cm³/mol. The number of rotatable bonds is 5. The second kappa shape index (κ2) is 6.99. The van der Waals surface area contributed by atoms with Crippen LogP contribution in [0.1, 0.15) is 5.56 Å². The monoisotopic (exact) mass is 270 g/mol. The maximum absolute atomic E-state index is 12.0. The lowest BCUT2D eigenvalue weighted by atomic mass is 10.1. The summed E-state index contributed by atoms with van der Waals surface area (Å²) in [6, 6.07) is 17.9. The Labute approximate surface area is 117 Å². The molecule has 0 fully saturated rings. The van der Waals surface area contributed by atoms with Gasteiger partial charge in [-0.25, -0.2) is 9.68 Å². The van der Waals surface area contributed by atoms with Crippen LogP contribution in [0.25, 0.3) is 5.57 Å². The van der Waals surface area contributed by atoms with Crippen LogP contribution in [0.3, 0.4) is 0 Å². The van der Waals surface area contributed by atoms with Crippen molar-refractivity contribution in [1.29, 1.82) is 0 Å². The van der Waals surface area contributed by atoms with Crippen LogP contribution < -0.4 is 4.89 Å². The number of benzene rings is 2. The summed E-state index contributed by atoms with van der Waals surface area (Å²) in [6.45, 7) is 0. The van der Waals surface area contributed by atoms with Crippen LogP contribution in [0.2, 0.25) is 0 Å². The number of methoxy groups -OCH3 is 1. The highest BCUT2D eigenvalue weighted by Crippen LogP contribution is 2.17. The molecule has 0 aliphatic rings. The first-order chi connectivity index (χ1) is 9.81. The quantitative estimate of drug-likeness (QED) is 0.362. The summed E-state index contributed by atoms with van der Waals surface area (Å²) in [7, 11) is 1.47. The first-order valence-corrected chi connectivity index (χ1v) is 6.03. The third-order valence-corrected chi connectivity index (χ3v) is 2.50. The van der Waals surface area contributed by atoms with Crippen molar-refractivity contribution >= 4 is 11.5 Å². The van der Waals surface area contributed by atoms with E-state index < -0.39 is 5.97 Å². The molecule has 4 heteroatoms. The van der Waals surface area contributed by atoms with Gasteiger partial charge in [-0.3, -0.25) is 4.89 Å². The van der Waals surface area contributed by atoms with E-state index in [0.717, 1.165) is 0 Å². The highest BCUT2D eigenvalue weighted by Gasteiger charge is 2.16. The van der Waals surface area contributed by atoms with Crippen molar-refractivity contribution in [2.45, 2.75) is 0 Å². The summed E-state index contributed by atoms with van der Waals surface area (Å²) in [6.07, 6.45) is 1.33. The normalized spacial score (nSPS) is 10.8. The highest BCUT2D eigenvalue weighted by atomic mass is 17.2. The lowest BCUT2D eigenvalue weighted by Crippen LogP contribution is -2.10. The van der Waals surface area contributed by atoms with Crippen molar-refractivity contribution < 1.29 is 19.3 Å². The van der Waals surface area contributed by atoms with Crippen LogP contribution in [0.4, 0.5) is 0 Å². The second-order valence-corrected chi connectivity index (χ2v) is 3.90. The zero-order valence-electron chi connectivity index (χ0n) is 11.0. The molecule has 0 spiro atoms. The number of carbonyl (C=O) groups excluding carboxylic acids is 1. The van der Waals surface area contributed by atoms with Crippen molar-refractivity contribution in [2.24, 2.45) is 0 Å². The molecular formula is C16H14O4. The van der Waals surface area contributed by atoms with E-state index in [2.05, 4.69) is 0 Å². The first-order valence-electron chi connectivity index (χ1n) is 6.03. The van der Waals surface area contributed by atoms with Crippen molar-refractivity contribution in [3.63, 3.8) is 0 Å². The van der Waals surface area contributed by atoms with Crippen LogP contribution >= 0.6 is 0 Å². The van der Waals surface area contributed by atoms with Gasteiger partial charge < -0.3 is 4.74 Å². The van der Waals surface area contributed by atoms with Gasteiger partial charge in [-0.05, 0) is 17.7 Å². The Balaban J connectivity index is 2.07. The number of ether oxygens (including phenoxy) is 1.